The van der Waals surface area contributed by atoms with Crippen LogP contribution in [0, 0.1) is 16.6 Å². The molecule has 0 aliphatic carbocycles. The minimum Gasteiger partial charge on any atom is -0.385 e. The van der Waals surface area contributed by atoms with E-state index in [1.165, 1.54) is 0 Å². The number of ketones is 1. The lowest BCUT2D eigenvalue weighted by Crippen LogP contribution is -2.21. The summed E-state index contributed by atoms with van der Waals surface area (Å²) in [5.41, 5.74) is -2.09. The smallest absolute Gasteiger partial charge is 0.385 e. The Labute approximate surface area is 162 Å². The van der Waals surface area contributed by atoms with Gasteiger partial charge in [-0.2, -0.15) is 13.2 Å². The molecule has 1 rings (SSSR count). The number of benzene rings is 1. The van der Waals surface area contributed by atoms with Gasteiger partial charge in [-0.1, -0.05) is 0 Å². The fourth-order valence-corrected chi connectivity index (χ4v) is 2.12. The SMILES string of the molecule is CC(=O)c1cc(F)ccc1N/C(=C\C(=N)C(F)(F)F)C/C(C=N)=C/NCC(F)F. The third kappa shape index (κ3) is 8.20. The van der Waals surface area contributed by atoms with Gasteiger partial charge in [-0.05, 0) is 36.8 Å². The van der Waals surface area contributed by atoms with Crippen molar-refractivity contribution in [3.63, 3.8) is 0 Å². The summed E-state index contributed by atoms with van der Waals surface area (Å²) in [6.07, 6.45) is -5.81. The molecule has 1 aromatic rings. The van der Waals surface area contributed by atoms with Crippen LogP contribution in [0.25, 0.3) is 0 Å². The Morgan fingerprint density at radius 2 is 1.93 bits per heavy atom. The molecule has 5 nitrogen and oxygen atoms in total. The minimum atomic E-state index is -4.96. The second-order valence-electron chi connectivity index (χ2n) is 5.79. The lowest BCUT2D eigenvalue weighted by Gasteiger charge is -2.16. The standard InChI is InChI=1S/C18H18F6N4O/c1-10(29)14-5-12(19)2-3-15(14)28-13(6-16(26)18(22,23)24)4-11(7-25)8-27-9-17(20)21/h2-3,5-8,17,25-28H,4,9H2,1H3/b11-8-,13-6-,25-7?,26-16?. The van der Waals surface area contributed by atoms with Crippen LogP contribution in [0.5, 0.6) is 0 Å². The number of alkyl halides is 5. The van der Waals surface area contributed by atoms with Crippen LogP contribution in [0.2, 0.25) is 0 Å². The Kier molecular flexibility index (Phi) is 8.61. The Hall–Kier alpha value is -3.11. The van der Waals surface area contributed by atoms with E-state index in [2.05, 4.69) is 10.6 Å². The molecule has 0 amide bonds. The highest BCUT2D eigenvalue weighted by molar-refractivity contribution is 6.01. The molecule has 0 saturated carbocycles. The number of carbonyl (C=O) groups is 1. The molecule has 0 radical (unpaired) electrons. The van der Waals surface area contributed by atoms with Gasteiger partial charge in [0.15, 0.2) is 5.78 Å². The number of hydrogen-bond acceptors (Lipinski definition) is 5. The Morgan fingerprint density at radius 3 is 2.45 bits per heavy atom. The molecule has 0 unspecified atom stereocenters. The van der Waals surface area contributed by atoms with Gasteiger partial charge in [0, 0.05) is 35.8 Å². The zero-order chi connectivity index (χ0) is 22.2. The summed E-state index contributed by atoms with van der Waals surface area (Å²) in [6.45, 7) is 0.410. The predicted molar refractivity (Wildman–Crippen MR) is 97.4 cm³/mol. The van der Waals surface area contributed by atoms with Crippen LogP contribution < -0.4 is 10.6 Å². The summed E-state index contributed by atoms with van der Waals surface area (Å²) in [5, 5.41) is 19.2. The maximum atomic E-state index is 13.4. The molecule has 1 aromatic carbocycles. The van der Waals surface area contributed by atoms with Crippen LogP contribution in [0.1, 0.15) is 23.7 Å². The van der Waals surface area contributed by atoms with Crippen LogP contribution >= 0.6 is 0 Å². The molecular formula is C18H18F6N4O. The lowest BCUT2D eigenvalue weighted by molar-refractivity contribution is -0.0584. The molecule has 0 bridgehead atoms. The van der Waals surface area contributed by atoms with E-state index in [9.17, 15) is 31.1 Å². The van der Waals surface area contributed by atoms with Gasteiger partial charge in [-0.25, -0.2) is 13.2 Å². The largest absolute Gasteiger partial charge is 0.432 e. The van der Waals surface area contributed by atoms with E-state index in [1.54, 1.807) is 0 Å². The zero-order valence-corrected chi connectivity index (χ0v) is 15.1. The van der Waals surface area contributed by atoms with E-state index < -0.39 is 36.5 Å². The molecule has 0 atom stereocenters. The Morgan fingerprint density at radius 1 is 1.28 bits per heavy atom. The van der Waals surface area contributed by atoms with Crippen molar-refractivity contribution >= 4 is 23.4 Å². The third-order valence-corrected chi connectivity index (χ3v) is 3.42. The molecule has 0 aromatic heterocycles. The Balaban J connectivity index is 3.26. The van der Waals surface area contributed by atoms with Crippen molar-refractivity contribution in [1.82, 2.24) is 5.32 Å². The molecule has 4 N–H and O–H groups in total. The molecule has 11 heteroatoms. The first-order valence-electron chi connectivity index (χ1n) is 8.09. The number of nitrogens with one attached hydrogen (secondary N) is 4. The first-order valence-corrected chi connectivity index (χ1v) is 8.09. The van der Waals surface area contributed by atoms with Crippen molar-refractivity contribution in [3.05, 3.63) is 53.1 Å². The van der Waals surface area contributed by atoms with Gasteiger partial charge in [0.25, 0.3) is 6.43 Å². The summed E-state index contributed by atoms with van der Waals surface area (Å²) in [5.74, 6) is -1.29. The van der Waals surface area contributed by atoms with Crippen LogP contribution in [-0.2, 0) is 0 Å². The van der Waals surface area contributed by atoms with Crippen molar-refractivity contribution in [2.45, 2.75) is 25.9 Å². The zero-order valence-electron chi connectivity index (χ0n) is 15.1. The van der Waals surface area contributed by atoms with Gasteiger partial charge in [-0.3, -0.25) is 10.2 Å². The quantitative estimate of drug-likeness (QED) is 0.252. The average molecular weight is 420 g/mol. The van der Waals surface area contributed by atoms with Crippen molar-refractivity contribution in [1.29, 1.82) is 10.8 Å². The lowest BCUT2D eigenvalue weighted by atomic mass is 10.1. The maximum absolute atomic E-state index is 13.4. The first kappa shape index (κ1) is 23.9. The highest BCUT2D eigenvalue weighted by Crippen LogP contribution is 2.24. The third-order valence-electron chi connectivity index (χ3n) is 3.42. The molecule has 0 aliphatic rings. The van der Waals surface area contributed by atoms with E-state index in [-0.39, 0.29) is 28.9 Å². The molecule has 0 spiro atoms. The van der Waals surface area contributed by atoms with E-state index >= 15 is 0 Å². The molecule has 0 saturated heterocycles. The highest BCUT2D eigenvalue weighted by Gasteiger charge is 2.33. The van der Waals surface area contributed by atoms with Gasteiger partial charge < -0.3 is 16.0 Å². The molecular weight excluding hydrogens is 402 g/mol. The number of allylic oxidation sites excluding steroid dienone is 2. The minimum absolute atomic E-state index is 0.00926. The van der Waals surface area contributed by atoms with Crippen LogP contribution in [-0.4, -0.2) is 36.9 Å². The number of rotatable bonds is 10. The summed E-state index contributed by atoms with van der Waals surface area (Å²) in [6, 6.07) is 3.02. The van der Waals surface area contributed by atoms with E-state index in [0.717, 1.165) is 37.5 Å². The molecule has 29 heavy (non-hydrogen) atoms. The van der Waals surface area contributed by atoms with Gasteiger partial charge in [0.1, 0.15) is 11.5 Å². The maximum Gasteiger partial charge on any atom is 0.432 e. The van der Waals surface area contributed by atoms with E-state index in [0.29, 0.717) is 6.08 Å². The van der Waals surface area contributed by atoms with Gasteiger partial charge >= 0.3 is 6.18 Å². The number of Topliss-reactive ketones (excluding diaryl/α,β-unsaturated/α-hetero) is 1. The summed E-state index contributed by atoms with van der Waals surface area (Å²) < 4.78 is 76.1. The van der Waals surface area contributed by atoms with Crippen LogP contribution in [0.15, 0.2) is 41.7 Å². The van der Waals surface area contributed by atoms with Crippen molar-refractivity contribution < 1.29 is 31.1 Å². The summed E-state index contributed by atoms with van der Waals surface area (Å²) in [4.78, 5) is 11.7. The Bertz CT molecular complexity index is 830. The fraction of sp³-hybridized carbons (Fsp3) is 0.278. The van der Waals surface area contributed by atoms with Gasteiger partial charge in [0.2, 0.25) is 0 Å². The number of anilines is 1. The highest BCUT2D eigenvalue weighted by atomic mass is 19.4. The second-order valence-corrected chi connectivity index (χ2v) is 5.79. The molecule has 0 heterocycles. The van der Waals surface area contributed by atoms with Crippen molar-refractivity contribution in [2.24, 2.45) is 0 Å². The number of carbonyl (C=O) groups excluding carboxylic acids is 1. The van der Waals surface area contributed by atoms with E-state index in [1.807, 2.05) is 0 Å². The number of halogens is 6. The normalized spacial score (nSPS) is 12.7. The molecule has 158 valence electrons. The van der Waals surface area contributed by atoms with Crippen LogP contribution in [0.3, 0.4) is 0 Å². The van der Waals surface area contributed by atoms with Gasteiger partial charge in [0.05, 0.1) is 6.54 Å². The van der Waals surface area contributed by atoms with Gasteiger partial charge in [-0.15, -0.1) is 0 Å². The topological polar surface area (TPSA) is 88.8 Å². The summed E-state index contributed by atoms with van der Waals surface area (Å²) >= 11 is 0. The average Bonchev–Trinajstić information content (AvgIpc) is 2.60. The second kappa shape index (κ2) is 10.4. The van der Waals surface area contributed by atoms with E-state index in [4.69, 9.17) is 10.8 Å². The first-order chi connectivity index (χ1) is 13.4. The van der Waals surface area contributed by atoms with Crippen LogP contribution in [0.4, 0.5) is 32.0 Å². The van der Waals surface area contributed by atoms with Crippen molar-refractivity contribution in [2.75, 3.05) is 11.9 Å². The van der Waals surface area contributed by atoms with Crippen molar-refractivity contribution in [3.8, 4) is 0 Å². The summed E-state index contributed by atoms with van der Waals surface area (Å²) in [7, 11) is 0. The molecule has 0 aliphatic heterocycles. The molecule has 0 fully saturated rings. The predicted octanol–water partition coefficient (Wildman–Crippen LogP) is 4.68. The fourth-order valence-electron chi connectivity index (χ4n) is 2.12. The monoisotopic (exact) mass is 420 g/mol. The number of hydrogen-bond donors (Lipinski definition) is 4.